The molecule has 6 aliphatic rings. The van der Waals surface area contributed by atoms with Crippen molar-refractivity contribution in [2.75, 3.05) is 6.61 Å². The van der Waals surface area contributed by atoms with E-state index in [1.54, 1.807) is 0 Å². The largest absolute Gasteiger partial charge is 0.393 e. The van der Waals surface area contributed by atoms with Gasteiger partial charge in [0.25, 0.3) is 0 Å². The summed E-state index contributed by atoms with van der Waals surface area (Å²) < 4.78 is 13.0. The van der Waals surface area contributed by atoms with Crippen molar-refractivity contribution in [3.05, 3.63) is 0 Å². The minimum Gasteiger partial charge on any atom is -0.393 e. The summed E-state index contributed by atoms with van der Waals surface area (Å²) in [6, 6.07) is 0. The molecule has 0 aromatic heterocycles. The Bertz CT molecular complexity index is 838. The number of ether oxygens (including phenoxy) is 2. The Balaban J connectivity index is 1.30. The van der Waals surface area contributed by atoms with Crippen LogP contribution < -0.4 is 0 Å². The normalized spacial score (nSPS) is 65.4. The molecule has 4 saturated carbocycles. The quantitative estimate of drug-likeness (QED) is 0.359. The smallest absolute Gasteiger partial charge is 0.174 e. The number of hydrogen-bond acceptors (Lipinski definition) is 7. The van der Waals surface area contributed by atoms with Gasteiger partial charge in [0.05, 0.1) is 42.7 Å². The summed E-state index contributed by atoms with van der Waals surface area (Å²) >= 11 is 0. The van der Waals surface area contributed by atoms with Crippen molar-refractivity contribution < 1.29 is 35.0 Å². The zero-order chi connectivity index (χ0) is 24.4. The van der Waals surface area contributed by atoms with Gasteiger partial charge in [-0.15, -0.1) is 0 Å². The van der Waals surface area contributed by atoms with Gasteiger partial charge in [-0.2, -0.15) is 0 Å². The standard InChI is InChI=1S/C27H44O7/c1-13-12-33-27(11-18(13)28)14(2)23-21(34-27)8-17-15-7-22(31)26(32)10-20(30)19(29)9-25(26,4)16(15)5-6-24(17,23)3/h13-23,28-32H,5-12H2,1-4H3/t13-,14+,15-,16+,17+,18+,19-,20-,21+,22+,23+,24+,25-,26+,27-/m1/s1. The molecule has 6 rings (SSSR count). The third-order valence-electron chi connectivity index (χ3n) is 12.3. The maximum atomic E-state index is 11.7. The van der Waals surface area contributed by atoms with E-state index in [1.807, 2.05) is 13.8 Å². The Hall–Kier alpha value is -0.280. The van der Waals surface area contributed by atoms with E-state index < -0.39 is 41.2 Å². The van der Waals surface area contributed by atoms with Gasteiger partial charge in [0.1, 0.15) is 0 Å². The second kappa shape index (κ2) is 7.40. The fourth-order valence-corrected chi connectivity index (χ4v) is 10.3. The lowest BCUT2D eigenvalue weighted by molar-refractivity contribution is -0.295. The van der Waals surface area contributed by atoms with Crippen LogP contribution in [0.15, 0.2) is 0 Å². The van der Waals surface area contributed by atoms with E-state index in [2.05, 4.69) is 13.8 Å². The second-order valence-corrected chi connectivity index (χ2v) is 13.6. The van der Waals surface area contributed by atoms with Crippen molar-refractivity contribution >= 4 is 0 Å². The molecule has 0 amide bonds. The topological polar surface area (TPSA) is 120 Å². The van der Waals surface area contributed by atoms with Gasteiger partial charge >= 0.3 is 0 Å². The van der Waals surface area contributed by atoms with Crippen molar-refractivity contribution in [2.24, 2.45) is 46.3 Å². The van der Waals surface area contributed by atoms with Crippen LogP contribution in [0, 0.1) is 46.3 Å². The predicted octanol–water partition coefficient (Wildman–Crippen LogP) is 1.82. The zero-order valence-electron chi connectivity index (χ0n) is 21.1. The van der Waals surface area contributed by atoms with Gasteiger partial charge in [0, 0.05) is 30.1 Å². The molecule has 0 aromatic carbocycles. The molecule has 7 heteroatoms. The van der Waals surface area contributed by atoms with Crippen LogP contribution in [0.3, 0.4) is 0 Å². The lowest BCUT2D eigenvalue weighted by atomic mass is 9.42. The number of rotatable bonds is 0. The first-order valence-electron chi connectivity index (χ1n) is 13.6. The van der Waals surface area contributed by atoms with Crippen LogP contribution in [0.1, 0.15) is 72.6 Å². The minimum absolute atomic E-state index is 0.0307. The molecule has 2 heterocycles. The van der Waals surface area contributed by atoms with Crippen molar-refractivity contribution in [2.45, 2.75) is 115 Å². The molecule has 0 radical (unpaired) electrons. The van der Waals surface area contributed by atoms with E-state index in [4.69, 9.17) is 9.47 Å². The highest BCUT2D eigenvalue weighted by molar-refractivity contribution is 5.20. The van der Waals surface area contributed by atoms with Crippen LogP contribution in [0.4, 0.5) is 0 Å². The van der Waals surface area contributed by atoms with E-state index in [1.165, 1.54) is 0 Å². The Morgan fingerprint density at radius 1 is 0.853 bits per heavy atom. The van der Waals surface area contributed by atoms with Crippen molar-refractivity contribution in [1.29, 1.82) is 0 Å². The fraction of sp³-hybridized carbons (Fsp3) is 1.00. The fourth-order valence-electron chi connectivity index (χ4n) is 10.3. The number of fused-ring (bicyclic) bond motifs is 7. The highest BCUT2D eigenvalue weighted by Gasteiger charge is 2.72. The lowest BCUT2D eigenvalue weighted by Gasteiger charge is -2.66. The van der Waals surface area contributed by atoms with Gasteiger partial charge in [0.2, 0.25) is 0 Å². The molecule has 1 spiro atoms. The molecule has 0 bridgehead atoms. The number of aliphatic hydroxyl groups excluding tert-OH is 4. The van der Waals surface area contributed by atoms with Gasteiger partial charge in [-0.25, -0.2) is 0 Å². The zero-order valence-corrected chi connectivity index (χ0v) is 21.1. The molecule has 7 nitrogen and oxygen atoms in total. The summed E-state index contributed by atoms with van der Waals surface area (Å²) in [4.78, 5) is 0. The SMILES string of the molecule is C[C@@H]1CO[C@]2(C[C@@H]1O)O[C@H]1C[C@H]3[C@@H]4C[C@H](O)[C@@]5(O)C[C@@H](O)[C@H](O)C[C@]5(C)[C@H]4CC[C@]3(C)[C@H]1[C@@H]2C. The Morgan fingerprint density at radius 2 is 1.56 bits per heavy atom. The highest BCUT2D eigenvalue weighted by atomic mass is 16.7. The van der Waals surface area contributed by atoms with Crippen LogP contribution in [-0.4, -0.2) is 74.0 Å². The molecule has 34 heavy (non-hydrogen) atoms. The van der Waals surface area contributed by atoms with E-state index in [0.29, 0.717) is 37.7 Å². The maximum absolute atomic E-state index is 11.7. The monoisotopic (exact) mass is 480 g/mol. The van der Waals surface area contributed by atoms with Crippen LogP contribution >= 0.6 is 0 Å². The Morgan fingerprint density at radius 3 is 2.26 bits per heavy atom. The third-order valence-corrected chi connectivity index (χ3v) is 12.3. The van der Waals surface area contributed by atoms with Crippen molar-refractivity contribution in [1.82, 2.24) is 0 Å². The van der Waals surface area contributed by atoms with E-state index in [9.17, 15) is 25.5 Å². The van der Waals surface area contributed by atoms with Gasteiger partial charge in [0.15, 0.2) is 5.79 Å². The molecule has 15 atom stereocenters. The van der Waals surface area contributed by atoms with Crippen LogP contribution in [-0.2, 0) is 9.47 Å². The molecular weight excluding hydrogens is 436 g/mol. The highest BCUT2D eigenvalue weighted by Crippen LogP contribution is 2.71. The third kappa shape index (κ3) is 2.84. The van der Waals surface area contributed by atoms with Crippen LogP contribution in [0.2, 0.25) is 0 Å². The van der Waals surface area contributed by atoms with E-state index in [0.717, 1.165) is 19.3 Å². The molecule has 2 saturated heterocycles. The number of hydrogen-bond donors (Lipinski definition) is 5. The van der Waals surface area contributed by atoms with Gasteiger partial charge in [-0.3, -0.25) is 0 Å². The number of aliphatic hydroxyl groups is 5. The van der Waals surface area contributed by atoms with E-state index >= 15 is 0 Å². The Kier molecular flexibility index (Phi) is 5.24. The van der Waals surface area contributed by atoms with Gasteiger partial charge < -0.3 is 35.0 Å². The van der Waals surface area contributed by atoms with Crippen LogP contribution in [0.5, 0.6) is 0 Å². The molecule has 6 fully saturated rings. The predicted molar refractivity (Wildman–Crippen MR) is 123 cm³/mol. The Labute approximate surface area is 202 Å². The summed E-state index contributed by atoms with van der Waals surface area (Å²) in [6.45, 7) is 9.21. The average Bonchev–Trinajstić information content (AvgIpc) is 3.20. The summed E-state index contributed by atoms with van der Waals surface area (Å²) in [5, 5.41) is 54.4. The average molecular weight is 481 g/mol. The lowest BCUT2D eigenvalue weighted by Crippen LogP contribution is -2.70. The molecular formula is C27H44O7. The summed E-state index contributed by atoms with van der Waals surface area (Å²) in [5.41, 5.74) is -1.95. The summed E-state index contributed by atoms with van der Waals surface area (Å²) in [5.74, 6) is 0.743. The molecule has 194 valence electrons. The second-order valence-electron chi connectivity index (χ2n) is 13.6. The summed E-state index contributed by atoms with van der Waals surface area (Å²) in [7, 11) is 0. The molecule has 0 aromatic rings. The van der Waals surface area contributed by atoms with Gasteiger partial charge in [-0.1, -0.05) is 27.7 Å². The first-order valence-corrected chi connectivity index (χ1v) is 13.6. The van der Waals surface area contributed by atoms with Crippen molar-refractivity contribution in [3.8, 4) is 0 Å². The van der Waals surface area contributed by atoms with Gasteiger partial charge in [-0.05, 0) is 61.2 Å². The molecule has 2 aliphatic heterocycles. The van der Waals surface area contributed by atoms with Crippen molar-refractivity contribution in [3.63, 3.8) is 0 Å². The molecule has 0 unspecified atom stereocenters. The molecule has 4 aliphatic carbocycles. The van der Waals surface area contributed by atoms with E-state index in [-0.39, 0.29) is 41.6 Å². The molecule has 5 N–H and O–H groups in total. The van der Waals surface area contributed by atoms with Crippen LogP contribution in [0.25, 0.3) is 0 Å². The summed E-state index contributed by atoms with van der Waals surface area (Å²) in [6.07, 6.45) is 1.17. The first-order chi connectivity index (χ1) is 15.9. The minimum atomic E-state index is -1.37. The maximum Gasteiger partial charge on any atom is 0.174 e. The first kappa shape index (κ1) is 24.1.